The van der Waals surface area contributed by atoms with Crippen molar-refractivity contribution in [1.82, 2.24) is 4.98 Å². The van der Waals surface area contributed by atoms with Crippen LogP contribution in [0.2, 0.25) is 0 Å². The molecule has 0 saturated carbocycles. The molecular formula is C5H3F2NO. The molecule has 1 heterocycles. The van der Waals surface area contributed by atoms with Crippen LogP contribution in [0.5, 0.6) is 0 Å². The summed E-state index contributed by atoms with van der Waals surface area (Å²) < 4.78 is 24.0. The van der Waals surface area contributed by atoms with Gasteiger partial charge in [-0.05, 0) is 0 Å². The van der Waals surface area contributed by atoms with Crippen LogP contribution < -0.4 is 5.43 Å². The maximum absolute atomic E-state index is 12.0. The van der Waals surface area contributed by atoms with Gasteiger partial charge < -0.3 is 4.98 Å². The molecule has 0 spiro atoms. The molecule has 0 aliphatic carbocycles. The maximum atomic E-state index is 12.0. The smallest absolute Gasteiger partial charge is 0.252 e. The van der Waals surface area contributed by atoms with Crippen molar-refractivity contribution in [2.45, 2.75) is 0 Å². The van der Waals surface area contributed by atoms with Crippen molar-refractivity contribution < 1.29 is 8.78 Å². The second-order valence-electron chi connectivity index (χ2n) is 1.48. The minimum absolute atomic E-state index is 0.797. The third kappa shape index (κ3) is 0.960. The number of aromatic amines is 1. The molecule has 0 amide bonds. The predicted molar refractivity (Wildman–Crippen MR) is 27.0 cm³/mol. The van der Waals surface area contributed by atoms with E-state index in [1.165, 1.54) is 0 Å². The van der Waals surface area contributed by atoms with Gasteiger partial charge in [-0.15, -0.1) is 0 Å². The number of aromatic nitrogens is 1. The number of hydrogen-bond donors (Lipinski definition) is 1. The van der Waals surface area contributed by atoms with Gasteiger partial charge in [-0.1, -0.05) is 0 Å². The predicted octanol–water partition coefficient (Wildman–Crippen LogP) is 0.653. The van der Waals surface area contributed by atoms with Crippen molar-refractivity contribution in [2.75, 3.05) is 0 Å². The number of rotatable bonds is 0. The van der Waals surface area contributed by atoms with Gasteiger partial charge in [-0.3, -0.25) is 4.79 Å². The normalized spacial score (nSPS) is 9.56. The summed E-state index contributed by atoms with van der Waals surface area (Å²) in [6, 6.07) is 0. The molecule has 0 aromatic carbocycles. The zero-order valence-corrected chi connectivity index (χ0v) is 4.32. The Labute approximate surface area is 49.1 Å². The first-order valence-electron chi connectivity index (χ1n) is 2.24. The molecule has 4 heteroatoms. The lowest BCUT2D eigenvalue weighted by Crippen LogP contribution is -2.10. The minimum atomic E-state index is -1.20. The van der Waals surface area contributed by atoms with Gasteiger partial charge in [-0.25, -0.2) is 8.78 Å². The van der Waals surface area contributed by atoms with Crippen molar-refractivity contribution in [3.8, 4) is 0 Å². The maximum Gasteiger partial charge on any atom is 0.252 e. The van der Waals surface area contributed by atoms with Crippen LogP contribution in [0.15, 0.2) is 17.2 Å². The molecule has 1 N–H and O–H groups in total. The molecule has 0 aliphatic rings. The zero-order chi connectivity index (χ0) is 6.85. The van der Waals surface area contributed by atoms with E-state index in [0.717, 1.165) is 12.4 Å². The second-order valence-corrected chi connectivity index (χ2v) is 1.48. The van der Waals surface area contributed by atoms with Gasteiger partial charge in [-0.2, -0.15) is 0 Å². The second kappa shape index (κ2) is 1.97. The summed E-state index contributed by atoms with van der Waals surface area (Å²) >= 11 is 0. The molecule has 0 radical (unpaired) electrons. The van der Waals surface area contributed by atoms with E-state index in [9.17, 15) is 13.6 Å². The van der Waals surface area contributed by atoms with Crippen molar-refractivity contribution in [3.05, 3.63) is 34.3 Å². The molecule has 1 aromatic heterocycles. The number of pyridine rings is 1. The topological polar surface area (TPSA) is 32.9 Å². The van der Waals surface area contributed by atoms with Gasteiger partial charge in [0.05, 0.1) is 0 Å². The largest absolute Gasteiger partial charge is 0.362 e. The van der Waals surface area contributed by atoms with E-state index < -0.39 is 17.1 Å². The molecule has 0 fully saturated rings. The lowest BCUT2D eigenvalue weighted by Gasteiger charge is -1.84. The SMILES string of the molecule is O=c1c(F)c[nH]cc1F. The van der Waals surface area contributed by atoms with Crippen molar-refractivity contribution in [1.29, 1.82) is 0 Å². The highest BCUT2D eigenvalue weighted by Crippen LogP contribution is 1.87. The molecule has 0 bridgehead atoms. The molecule has 48 valence electrons. The molecular weight excluding hydrogens is 128 g/mol. The van der Waals surface area contributed by atoms with Gasteiger partial charge >= 0.3 is 0 Å². The number of nitrogens with one attached hydrogen (secondary N) is 1. The van der Waals surface area contributed by atoms with Gasteiger partial charge in [0.1, 0.15) is 0 Å². The summed E-state index contributed by atoms with van der Waals surface area (Å²) in [7, 11) is 0. The zero-order valence-electron chi connectivity index (χ0n) is 4.32. The van der Waals surface area contributed by atoms with Crippen LogP contribution in [-0.4, -0.2) is 4.98 Å². The summed E-state index contributed by atoms with van der Waals surface area (Å²) in [5.41, 5.74) is -1.20. The Bertz CT molecular complexity index is 245. The Hall–Kier alpha value is -1.19. The third-order valence-corrected chi connectivity index (χ3v) is 0.854. The fraction of sp³-hybridized carbons (Fsp3) is 0. The summed E-state index contributed by atoms with van der Waals surface area (Å²) in [6.45, 7) is 0. The van der Waals surface area contributed by atoms with Crippen molar-refractivity contribution >= 4 is 0 Å². The quantitative estimate of drug-likeness (QED) is 0.551. The van der Waals surface area contributed by atoms with Gasteiger partial charge in [0.15, 0.2) is 11.6 Å². The number of H-pyrrole nitrogens is 1. The lowest BCUT2D eigenvalue weighted by molar-refractivity contribution is 0.556. The minimum Gasteiger partial charge on any atom is -0.362 e. The summed E-state index contributed by atoms with van der Waals surface area (Å²) in [6.07, 6.45) is 1.59. The van der Waals surface area contributed by atoms with Crippen LogP contribution in [0.3, 0.4) is 0 Å². The number of halogens is 2. The van der Waals surface area contributed by atoms with E-state index in [1.54, 1.807) is 0 Å². The fourth-order valence-electron chi connectivity index (χ4n) is 0.433. The highest BCUT2D eigenvalue weighted by atomic mass is 19.1. The van der Waals surface area contributed by atoms with E-state index in [0.29, 0.717) is 0 Å². The van der Waals surface area contributed by atoms with E-state index in [4.69, 9.17) is 0 Å². The fourth-order valence-corrected chi connectivity index (χ4v) is 0.433. The Morgan fingerprint density at radius 1 is 1.22 bits per heavy atom. The molecule has 1 aromatic rings. The molecule has 0 aliphatic heterocycles. The van der Waals surface area contributed by atoms with E-state index in [1.807, 2.05) is 0 Å². The summed E-state index contributed by atoms with van der Waals surface area (Å²) in [5, 5.41) is 0. The third-order valence-electron chi connectivity index (χ3n) is 0.854. The first-order valence-corrected chi connectivity index (χ1v) is 2.24. The van der Waals surface area contributed by atoms with Crippen LogP contribution >= 0.6 is 0 Å². The highest BCUT2D eigenvalue weighted by molar-refractivity contribution is 4.97. The monoisotopic (exact) mass is 131 g/mol. The standard InChI is InChI=1S/C5H3F2NO/c6-3-1-8-2-4(7)5(3)9/h1-2H,(H,8,9). The molecule has 2 nitrogen and oxygen atoms in total. The highest BCUT2D eigenvalue weighted by Gasteiger charge is 2.00. The van der Waals surface area contributed by atoms with Gasteiger partial charge in [0.25, 0.3) is 5.43 Å². The Kier molecular flexibility index (Phi) is 1.30. The van der Waals surface area contributed by atoms with Gasteiger partial charge in [0.2, 0.25) is 0 Å². The van der Waals surface area contributed by atoms with Crippen LogP contribution in [0.4, 0.5) is 8.78 Å². The average Bonchev–Trinajstić information content (AvgIpc) is 1.83. The lowest BCUT2D eigenvalue weighted by atomic mass is 10.4. The molecule has 9 heavy (non-hydrogen) atoms. The first-order chi connectivity index (χ1) is 4.22. The average molecular weight is 131 g/mol. The van der Waals surface area contributed by atoms with Crippen LogP contribution in [-0.2, 0) is 0 Å². The number of hydrogen-bond acceptors (Lipinski definition) is 1. The molecule has 0 atom stereocenters. The summed E-state index contributed by atoms with van der Waals surface area (Å²) in [4.78, 5) is 12.3. The van der Waals surface area contributed by atoms with Crippen molar-refractivity contribution in [3.63, 3.8) is 0 Å². The van der Waals surface area contributed by atoms with Crippen LogP contribution in [0.25, 0.3) is 0 Å². The molecule has 0 unspecified atom stereocenters. The van der Waals surface area contributed by atoms with E-state index in [2.05, 4.69) is 4.98 Å². The Balaban J connectivity index is 3.43. The van der Waals surface area contributed by atoms with E-state index >= 15 is 0 Å². The summed E-state index contributed by atoms with van der Waals surface area (Å²) in [5.74, 6) is -2.20. The molecule has 0 saturated heterocycles. The molecule has 1 rings (SSSR count). The Morgan fingerprint density at radius 3 is 2.00 bits per heavy atom. The Morgan fingerprint density at radius 2 is 1.67 bits per heavy atom. The van der Waals surface area contributed by atoms with E-state index in [-0.39, 0.29) is 0 Å². The van der Waals surface area contributed by atoms with Crippen LogP contribution in [0.1, 0.15) is 0 Å². The van der Waals surface area contributed by atoms with Crippen LogP contribution in [0, 0.1) is 11.6 Å². The first kappa shape index (κ1) is 5.94. The van der Waals surface area contributed by atoms with Crippen molar-refractivity contribution in [2.24, 2.45) is 0 Å². The van der Waals surface area contributed by atoms with Gasteiger partial charge in [0, 0.05) is 12.4 Å².